The molecule has 0 aromatic heterocycles. The Bertz CT molecular complexity index is 431. The zero-order chi connectivity index (χ0) is 12.4. The summed E-state index contributed by atoms with van der Waals surface area (Å²) in [4.78, 5) is 13.5. The molecule has 2 rings (SSSR count). The molecule has 1 aliphatic rings. The summed E-state index contributed by atoms with van der Waals surface area (Å²) >= 11 is 0. The molecule has 1 atom stereocenters. The average Bonchev–Trinajstić information content (AvgIpc) is 2.30. The van der Waals surface area contributed by atoms with Crippen molar-refractivity contribution in [1.29, 1.82) is 0 Å². The van der Waals surface area contributed by atoms with E-state index in [1.807, 2.05) is 19.1 Å². The first-order chi connectivity index (χ1) is 8.09. The number of primary amides is 1. The first kappa shape index (κ1) is 11.9. The Kier molecular flexibility index (Phi) is 3.33. The number of benzene rings is 1. The van der Waals surface area contributed by atoms with Gasteiger partial charge in [0.05, 0.1) is 0 Å². The van der Waals surface area contributed by atoms with E-state index in [2.05, 4.69) is 17.1 Å². The van der Waals surface area contributed by atoms with Crippen molar-refractivity contribution >= 4 is 11.6 Å². The Morgan fingerprint density at radius 3 is 2.88 bits per heavy atom. The Morgan fingerprint density at radius 2 is 2.29 bits per heavy atom. The lowest BCUT2D eigenvalue weighted by atomic mass is 10.1. The lowest BCUT2D eigenvalue weighted by Crippen LogP contribution is -2.50. The van der Waals surface area contributed by atoms with Crippen LogP contribution in [0.5, 0.6) is 0 Å². The molecule has 0 spiro atoms. The molecule has 1 fully saturated rings. The minimum absolute atomic E-state index is 0.368. The van der Waals surface area contributed by atoms with E-state index in [0.29, 0.717) is 11.6 Å². The van der Waals surface area contributed by atoms with Crippen molar-refractivity contribution in [1.82, 2.24) is 5.32 Å². The van der Waals surface area contributed by atoms with Gasteiger partial charge in [0.15, 0.2) is 0 Å². The van der Waals surface area contributed by atoms with Crippen LogP contribution >= 0.6 is 0 Å². The largest absolute Gasteiger partial charge is 0.366 e. The van der Waals surface area contributed by atoms with Crippen molar-refractivity contribution in [3.63, 3.8) is 0 Å². The predicted octanol–water partition coefficient (Wildman–Crippen LogP) is 0.892. The lowest BCUT2D eigenvalue weighted by molar-refractivity contribution is 0.1000. The number of carbonyl (C=O) groups excluding carboxylic acids is 1. The number of carbonyl (C=O) groups is 1. The molecule has 4 heteroatoms. The second kappa shape index (κ2) is 4.75. The molecule has 0 saturated carbocycles. The average molecular weight is 233 g/mol. The van der Waals surface area contributed by atoms with Crippen molar-refractivity contribution in [3.8, 4) is 0 Å². The summed E-state index contributed by atoms with van der Waals surface area (Å²) in [7, 11) is 0. The van der Waals surface area contributed by atoms with E-state index >= 15 is 0 Å². The van der Waals surface area contributed by atoms with Gasteiger partial charge in [0.1, 0.15) is 0 Å². The van der Waals surface area contributed by atoms with Crippen LogP contribution in [-0.2, 0) is 0 Å². The minimum atomic E-state index is -0.368. The number of anilines is 1. The maximum atomic E-state index is 11.1. The fourth-order valence-electron chi connectivity index (χ4n) is 2.33. The summed E-state index contributed by atoms with van der Waals surface area (Å²) in [5.41, 5.74) is 8.16. The number of hydrogen-bond donors (Lipinski definition) is 2. The van der Waals surface area contributed by atoms with Gasteiger partial charge in [-0.05, 0) is 37.6 Å². The topological polar surface area (TPSA) is 58.4 Å². The molecule has 4 nitrogen and oxygen atoms in total. The first-order valence-corrected chi connectivity index (χ1v) is 5.97. The SMILES string of the molecule is Cc1cc(C(N)=O)ccc1N1CCNCC1C. The van der Waals surface area contributed by atoms with Crippen molar-refractivity contribution < 1.29 is 4.79 Å². The molecule has 0 aliphatic carbocycles. The maximum absolute atomic E-state index is 11.1. The molecule has 3 N–H and O–H groups in total. The third-order valence-electron chi connectivity index (χ3n) is 3.29. The molecule has 1 amide bonds. The molecule has 1 aliphatic heterocycles. The smallest absolute Gasteiger partial charge is 0.248 e. The maximum Gasteiger partial charge on any atom is 0.248 e. The van der Waals surface area contributed by atoms with E-state index in [1.165, 1.54) is 5.69 Å². The zero-order valence-electron chi connectivity index (χ0n) is 10.4. The van der Waals surface area contributed by atoms with Crippen LogP contribution < -0.4 is 16.0 Å². The number of piperazine rings is 1. The number of nitrogens with two attached hydrogens (primary N) is 1. The Labute approximate surface area is 102 Å². The molecular formula is C13H19N3O. The van der Waals surface area contributed by atoms with Gasteiger partial charge in [-0.3, -0.25) is 4.79 Å². The number of nitrogens with one attached hydrogen (secondary N) is 1. The summed E-state index contributed by atoms with van der Waals surface area (Å²) in [6.07, 6.45) is 0. The third-order valence-corrected chi connectivity index (χ3v) is 3.29. The highest BCUT2D eigenvalue weighted by molar-refractivity contribution is 5.93. The Morgan fingerprint density at radius 1 is 1.53 bits per heavy atom. The molecule has 92 valence electrons. The highest BCUT2D eigenvalue weighted by Gasteiger charge is 2.19. The first-order valence-electron chi connectivity index (χ1n) is 5.97. The lowest BCUT2D eigenvalue weighted by Gasteiger charge is -2.36. The van der Waals surface area contributed by atoms with Crippen molar-refractivity contribution in [3.05, 3.63) is 29.3 Å². The van der Waals surface area contributed by atoms with Gasteiger partial charge in [-0.2, -0.15) is 0 Å². The molecule has 1 unspecified atom stereocenters. The summed E-state index contributed by atoms with van der Waals surface area (Å²) in [6.45, 7) is 7.22. The molecule has 17 heavy (non-hydrogen) atoms. The van der Waals surface area contributed by atoms with Gasteiger partial charge < -0.3 is 16.0 Å². The van der Waals surface area contributed by atoms with Crippen LogP contribution in [0, 0.1) is 6.92 Å². The molecular weight excluding hydrogens is 214 g/mol. The Balaban J connectivity index is 2.29. The quantitative estimate of drug-likeness (QED) is 0.797. The molecule has 1 heterocycles. The molecule has 1 saturated heterocycles. The molecule has 0 radical (unpaired) electrons. The van der Waals surface area contributed by atoms with Gasteiger partial charge in [0, 0.05) is 36.9 Å². The highest BCUT2D eigenvalue weighted by atomic mass is 16.1. The third kappa shape index (κ3) is 2.42. The van der Waals surface area contributed by atoms with Crippen molar-refractivity contribution in [2.24, 2.45) is 5.73 Å². The minimum Gasteiger partial charge on any atom is -0.366 e. The van der Waals surface area contributed by atoms with Crippen LogP contribution in [0.25, 0.3) is 0 Å². The van der Waals surface area contributed by atoms with Crippen LogP contribution in [-0.4, -0.2) is 31.6 Å². The molecule has 1 aromatic rings. The van der Waals surface area contributed by atoms with Crippen molar-refractivity contribution in [2.45, 2.75) is 19.9 Å². The van der Waals surface area contributed by atoms with Gasteiger partial charge >= 0.3 is 0 Å². The second-order valence-corrected chi connectivity index (χ2v) is 4.61. The summed E-state index contributed by atoms with van der Waals surface area (Å²) in [6, 6.07) is 6.14. The normalized spacial score (nSPS) is 20.4. The standard InChI is InChI=1S/C13H19N3O/c1-9-7-11(13(14)17)3-4-12(9)16-6-5-15-8-10(16)2/h3-4,7,10,15H,5-6,8H2,1-2H3,(H2,14,17). The zero-order valence-corrected chi connectivity index (χ0v) is 10.4. The number of aryl methyl sites for hydroxylation is 1. The van der Waals surface area contributed by atoms with E-state index in [0.717, 1.165) is 25.2 Å². The van der Waals surface area contributed by atoms with E-state index in [1.54, 1.807) is 6.07 Å². The predicted molar refractivity (Wildman–Crippen MR) is 69.4 cm³/mol. The van der Waals surface area contributed by atoms with E-state index in [4.69, 9.17) is 5.73 Å². The molecule has 0 bridgehead atoms. The van der Waals surface area contributed by atoms with E-state index in [-0.39, 0.29) is 5.91 Å². The highest BCUT2D eigenvalue weighted by Crippen LogP contribution is 2.23. The van der Waals surface area contributed by atoms with E-state index in [9.17, 15) is 4.79 Å². The van der Waals surface area contributed by atoms with Gasteiger partial charge in [-0.1, -0.05) is 0 Å². The summed E-state index contributed by atoms with van der Waals surface area (Å²) < 4.78 is 0. The Hall–Kier alpha value is -1.55. The summed E-state index contributed by atoms with van der Waals surface area (Å²) in [5, 5.41) is 3.37. The number of nitrogens with zero attached hydrogens (tertiary/aromatic N) is 1. The van der Waals surface area contributed by atoms with Crippen LogP contribution in [0.4, 0.5) is 5.69 Å². The summed E-state index contributed by atoms with van der Waals surface area (Å²) in [5.74, 6) is -0.368. The van der Waals surface area contributed by atoms with Gasteiger partial charge in [0.2, 0.25) is 5.91 Å². The van der Waals surface area contributed by atoms with Crippen LogP contribution in [0.3, 0.4) is 0 Å². The van der Waals surface area contributed by atoms with Gasteiger partial charge in [-0.25, -0.2) is 0 Å². The van der Waals surface area contributed by atoms with Gasteiger partial charge in [-0.15, -0.1) is 0 Å². The fourth-order valence-corrected chi connectivity index (χ4v) is 2.33. The van der Waals surface area contributed by atoms with Crippen LogP contribution in [0.1, 0.15) is 22.8 Å². The fraction of sp³-hybridized carbons (Fsp3) is 0.462. The van der Waals surface area contributed by atoms with E-state index < -0.39 is 0 Å². The van der Waals surface area contributed by atoms with Crippen LogP contribution in [0.2, 0.25) is 0 Å². The van der Waals surface area contributed by atoms with Gasteiger partial charge in [0.25, 0.3) is 0 Å². The number of amides is 1. The number of rotatable bonds is 2. The monoisotopic (exact) mass is 233 g/mol. The van der Waals surface area contributed by atoms with Crippen LogP contribution in [0.15, 0.2) is 18.2 Å². The second-order valence-electron chi connectivity index (χ2n) is 4.61. The van der Waals surface area contributed by atoms with Crippen molar-refractivity contribution in [2.75, 3.05) is 24.5 Å². The number of hydrogen-bond acceptors (Lipinski definition) is 3. The molecule has 1 aromatic carbocycles.